The summed E-state index contributed by atoms with van der Waals surface area (Å²) < 4.78 is 8.80. The van der Waals surface area contributed by atoms with Crippen LogP contribution < -0.4 is 4.74 Å². The molecule has 1 aromatic heterocycles. The number of nitrogens with zero attached hydrogens (tertiary/aromatic N) is 1. The molecule has 0 aliphatic carbocycles. The third kappa shape index (κ3) is 2.26. The minimum absolute atomic E-state index is 0.0778. The standard InChI is InChI=1S/C7H9NO4/c1-2-3-5-4-6(12-8-5)11-7(9)10/h4H,2-3H2,1H3,(H,9,10). The highest BCUT2D eigenvalue weighted by atomic mass is 16.7. The number of hydrogen-bond donors (Lipinski definition) is 1. The average molecular weight is 171 g/mol. The van der Waals surface area contributed by atoms with Crippen LogP contribution in [0.5, 0.6) is 5.95 Å². The molecule has 1 aromatic rings. The number of rotatable bonds is 3. The van der Waals surface area contributed by atoms with Crippen molar-refractivity contribution in [3.05, 3.63) is 11.8 Å². The highest BCUT2D eigenvalue weighted by Crippen LogP contribution is 2.13. The normalized spacial score (nSPS) is 9.75. The van der Waals surface area contributed by atoms with Gasteiger partial charge >= 0.3 is 12.1 Å². The second-order valence-corrected chi connectivity index (χ2v) is 2.26. The van der Waals surface area contributed by atoms with Crippen LogP contribution in [0.25, 0.3) is 0 Å². The molecule has 1 heterocycles. The van der Waals surface area contributed by atoms with Crippen molar-refractivity contribution < 1.29 is 19.2 Å². The van der Waals surface area contributed by atoms with E-state index in [1.807, 2.05) is 6.92 Å². The first-order valence-corrected chi connectivity index (χ1v) is 3.58. The summed E-state index contributed by atoms with van der Waals surface area (Å²) in [5, 5.41) is 11.8. The topological polar surface area (TPSA) is 72.6 Å². The van der Waals surface area contributed by atoms with Gasteiger partial charge in [0.15, 0.2) is 0 Å². The summed E-state index contributed by atoms with van der Waals surface area (Å²) in [4.78, 5) is 10.0. The summed E-state index contributed by atoms with van der Waals surface area (Å²) >= 11 is 0. The van der Waals surface area contributed by atoms with Crippen LogP contribution in [0.2, 0.25) is 0 Å². The molecular formula is C7H9NO4. The van der Waals surface area contributed by atoms with Gasteiger partial charge in [-0.25, -0.2) is 4.79 Å². The zero-order valence-electron chi connectivity index (χ0n) is 6.61. The number of carbonyl (C=O) groups is 1. The summed E-state index contributed by atoms with van der Waals surface area (Å²) in [7, 11) is 0. The van der Waals surface area contributed by atoms with Crippen molar-refractivity contribution in [3.63, 3.8) is 0 Å². The second-order valence-electron chi connectivity index (χ2n) is 2.26. The van der Waals surface area contributed by atoms with Gasteiger partial charge in [0.1, 0.15) is 0 Å². The molecule has 0 aliphatic heterocycles. The molecule has 0 atom stereocenters. The quantitative estimate of drug-likeness (QED) is 0.700. The Balaban J connectivity index is 2.58. The third-order valence-corrected chi connectivity index (χ3v) is 1.23. The molecule has 66 valence electrons. The van der Waals surface area contributed by atoms with Gasteiger partial charge < -0.3 is 14.4 Å². The van der Waals surface area contributed by atoms with Gasteiger partial charge in [0, 0.05) is 6.07 Å². The molecule has 0 saturated heterocycles. The van der Waals surface area contributed by atoms with Crippen molar-refractivity contribution in [2.45, 2.75) is 19.8 Å². The zero-order valence-corrected chi connectivity index (χ0v) is 6.61. The lowest BCUT2D eigenvalue weighted by Gasteiger charge is -1.88. The maximum Gasteiger partial charge on any atom is 0.513 e. The largest absolute Gasteiger partial charge is 0.513 e. The number of hydrogen-bond acceptors (Lipinski definition) is 4. The Bertz CT molecular complexity index is 268. The molecule has 0 unspecified atom stereocenters. The Kier molecular flexibility index (Phi) is 2.68. The van der Waals surface area contributed by atoms with Gasteiger partial charge in [-0.1, -0.05) is 18.5 Å². The molecule has 5 heteroatoms. The summed E-state index contributed by atoms with van der Waals surface area (Å²) in [6.07, 6.45) is 0.292. The molecule has 0 fully saturated rings. The molecule has 0 amide bonds. The monoisotopic (exact) mass is 171 g/mol. The number of aryl methyl sites for hydroxylation is 1. The lowest BCUT2D eigenvalue weighted by atomic mass is 10.3. The Labute approximate surface area is 68.9 Å². The highest BCUT2D eigenvalue weighted by molar-refractivity contribution is 5.59. The van der Waals surface area contributed by atoms with Crippen LogP contribution in [-0.4, -0.2) is 16.4 Å². The van der Waals surface area contributed by atoms with Crippen molar-refractivity contribution in [1.82, 2.24) is 5.16 Å². The molecular weight excluding hydrogens is 162 g/mol. The van der Waals surface area contributed by atoms with Gasteiger partial charge in [-0.15, -0.1) is 0 Å². The molecule has 0 aromatic carbocycles. The van der Waals surface area contributed by atoms with Crippen molar-refractivity contribution >= 4 is 6.16 Å². The number of aromatic nitrogens is 1. The smallest absolute Gasteiger partial charge is 0.449 e. The van der Waals surface area contributed by atoms with E-state index in [2.05, 4.69) is 14.4 Å². The Morgan fingerprint density at radius 2 is 2.58 bits per heavy atom. The van der Waals surface area contributed by atoms with Gasteiger partial charge in [0.2, 0.25) is 0 Å². The second kappa shape index (κ2) is 3.75. The van der Waals surface area contributed by atoms with E-state index in [9.17, 15) is 4.79 Å². The fourth-order valence-corrected chi connectivity index (χ4v) is 0.800. The number of carboxylic acid groups (broad SMARTS) is 1. The van der Waals surface area contributed by atoms with Crippen molar-refractivity contribution in [3.8, 4) is 5.95 Å². The van der Waals surface area contributed by atoms with E-state index in [1.54, 1.807) is 0 Å². The molecule has 1 rings (SSSR count). The molecule has 0 saturated carbocycles. The van der Waals surface area contributed by atoms with Crippen LogP contribution in [0, 0.1) is 0 Å². The van der Waals surface area contributed by atoms with Gasteiger partial charge in [-0.3, -0.25) is 0 Å². The molecule has 0 radical (unpaired) electrons. The molecule has 0 bridgehead atoms. The van der Waals surface area contributed by atoms with Crippen LogP contribution in [-0.2, 0) is 6.42 Å². The van der Waals surface area contributed by atoms with E-state index >= 15 is 0 Å². The fourth-order valence-electron chi connectivity index (χ4n) is 0.800. The molecule has 12 heavy (non-hydrogen) atoms. The predicted octanol–water partition coefficient (Wildman–Crippen LogP) is 1.68. The lowest BCUT2D eigenvalue weighted by Crippen LogP contribution is -2.01. The van der Waals surface area contributed by atoms with Gasteiger partial charge in [-0.2, -0.15) is 0 Å². The third-order valence-electron chi connectivity index (χ3n) is 1.23. The maximum atomic E-state index is 10.0. The first kappa shape index (κ1) is 8.58. The summed E-state index contributed by atoms with van der Waals surface area (Å²) in [6, 6.07) is 1.47. The van der Waals surface area contributed by atoms with Gasteiger partial charge in [0.05, 0.1) is 5.69 Å². The Hall–Kier alpha value is -1.52. The molecule has 0 aliphatic rings. The van der Waals surface area contributed by atoms with Gasteiger partial charge in [-0.05, 0) is 6.42 Å². The number of ether oxygens (including phenoxy) is 1. The van der Waals surface area contributed by atoms with Crippen LogP contribution in [0.15, 0.2) is 10.6 Å². The van der Waals surface area contributed by atoms with E-state index in [0.29, 0.717) is 5.69 Å². The van der Waals surface area contributed by atoms with E-state index in [-0.39, 0.29) is 5.95 Å². The summed E-state index contributed by atoms with van der Waals surface area (Å²) in [5.74, 6) is -0.0778. The van der Waals surface area contributed by atoms with Crippen molar-refractivity contribution in [2.75, 3.05) is 0 Å². The van der Waals surface area contributed by atoms with Crippen LogP contribution in [0.4, 0.5) is 4.79 Å². The average Bonchev–Trinajstić information content (AvgIpc) is 2.36. The first-order valence-electron chi connectivity index (χ1n) is 3.58. The SMILES string of the molecule is CCCc1cc(OC(=O)O)on1. The molecule has 1 N–H and O–H groups in total. The van der Waals surface area contributed by atoms with Crippen molar-refractivity contribution in [2.24, 2.45) is 0 Å². The molecule has 0 spiro atoms. The Morgan fingerprint density at radius 3 is 3.17 bits per heavy atom. The van der Waals surface area contributed by atoms with E-state index in [4.69, 9.17) is 5.11 Å². The minimum atomic E-state index is -1.39. The highest BCUT2D eigenvalue weighted by Gasteiger charge is 2.07. The van der Waals surface area contributed by atoms with Crippen LogP contribution in [0.1, 0.15) is 19.0 Å². The first-order chi connectivity index (χ1) is 5.72. The summed E-state index contributed by atoms with van der Waals surface area (Å²) in [6.45, 7) is 1.99. The van der Waals surface area contributed by atoms with E-state index in [0.717, 1.165) is 12.8 Å². The van der Waals surface area contributed by atoms with Gasteiger partial charge in [0.25, 0.3) is 0 Å². The van der Waals surface area contributed by atoms with Crippen LogP contribution >= 0.6 is 0 Å². The Morgan fingerprint density at radius 1 is 1.83 bits per heavy atom. The van der Waals surface area contributed by atoms with E-state index in [1.165, 1.54) is 6.07 Å². The minimum Gasteiger partial charge on any atom is -0.449 e. The van der Waals surface area contributed by atoms with E-state index < -0.39 is 6.16 Å². The van der Waals surface area contributed by atoms with Crippen molar-refractivity contribution in [1.29, 1.82) is 0 Å². The lowest BCUT2D eigenvalue weighted by molar-refractivity contribution is 0.128. The summed E-state index contributed by atoms with van der Waals surface area (Å²) in [5.41, 5.74) is 0.703. The predicted molar refractivity (Wildman–Crippen MR) is 39.2 cm³/mol. The van der Waals surface area contributed by atoms with Crippen LogP contribution in [0.3, 0.4) is 0 Å². The molecule has 5 nitrogen and oxygen atoms in total. The maximum absolute atomic E-state index is 10.0. The zero-order chi connectivity index (χ0) is 8.97. The fraction of sp³-hybridized carbons (Fsp3) is 0.429.